The van der Waals surface area contributed by atoms with Gasteiger partial charge in [0.15, 0.2) is 5.96 Å². The molecule has 2 aromatic rings. The molecule has 2 N–H and O–H groups in total. The number of aliphatic imine (C=N–C) groups is 1. The maximum Gasteiger partial charge on any atom is 0.191 e. The number of hydrogen-bond acceptors (Lipinski definition) is 3. The van der Waals surface area contributed by atoms with Crippen molar-refractivity contribution in [2.75, 3.05) is 21.2 Å². The number of para-hydroxylation sites is 1. The first kappa shape index (κ1) is 24.2. The molecule has 28 heavy (non-hydrogen) atoms. The van der Waals surface area contributed by atoms with Crippen LogP contribution in [0.15, 0.2) is 53.5 Å². The van der Waals surface area contributed by atoms with Crippen LogP contribution < -0.4 is 15.4 Å². The fraction of sp³-hybridized carbons (Fsp3) is 0.409. The normalized spacial score (nSPS) is 11.3. The maximum atomic E-state index is 5.41. The van der Waals surface area contributed by atoms with Gasteiger partial charge in [0, 0.05) is 38.3 Å². The lowest BCUT2D eigenvalue weighted by atomic mass is 10.1. The SMILES string of the molecule is CN=C(NCc1ccccc1CN(C)C(C)C)NCc1ccccc1OC.I. The molecule has 0 bridgehead atoms. The Bertz CT molecular complexity index is 749. The Morgan fingerprint density at radius 1 is 0.964 bits per heavy atom. The highest BCUT2D eigenvalue weighted by atomic mass is 127. The monoisotopic (exact) mass is 496 g/mol. The molecule has 6 heteroatoms. The summed E-state index contributed by atoms with van der Waals surface area (Å²) >= 11 is 0. The third kappa shape index (κ3) is 7.31. The second-order valence-electron chi connectivity index (χ2n) is 6.87. The minimum absolute atomic E-state index is 0. The Balaban J connectivity index is 0.00000392. The molecule has 0 saturated heterocycles. The predicted molar refractivity (Wildman–Crippen MR) is 128 cm³/mol. The number of nitrogens with one attached hydrogen (secondary N) is 2. The molecule has 0 heterocycles. The van der Waals surface area contributed by atoms with E-state index in [9.17, 15) is 0 Å². The fourth-order valence-electron chi connectivity index (χ4n) is 2.76. The van der Waals surface area contributed by atoms with Crippen molar-refractivity contribution in [1.29, 1.82) is 0 Å². The lowest BCUT2D eigenvalue weighted by Gasteiger charge is -2.23. The number of benzene rings is 2. The van der Waals surface area contributed by atoms with Crippen LogP contribution >= 0.6 is 24.0 Å². The van der Waals surface area contributed by atoms with Gasteiger partial charge in [0.1, 0.15) is 5.75 Å². The van der Waals surface area contributed by atoms with E-state index in [1.54, 1.807) is 14.2 Å². The van der Waals surface area contributed by atoms with E-state index in [0.29, 0.717) is 12.6 Å². The summed E-state index contributed by atoms with van der Waals surface area (Å²) in [7, 11) is 5.63. The molecule has 0 atom stereocenters. The van der Waals surface area contributed by atoms with Crippen molar-refractivity contribution in [2.45, 2.75) is 39.5 Å². The van der Waals surface area contributed by atoms with Crippen LogP contribution in [0, 0.1) is 0 Å². The molecule has 0 unspecified atom stereocenters. The van der Waals surface area contributed by atoms with Crippen molar-refractivity contribution in [1.82, 2.24) is 15.5 Å². The molecule has 154 valence electrons. The number of nitrogens with zero attached hydrogens (tertiary/aromatic N) is 2. The van der Waals surface area contributed by atoms with E-state index in [-0.39, 0.29) is 24.0 Å². The number of guanidine groups is 1. The summed E-state index contributed by atoms with van der Waals surface area (Å²) in [6.07, 6.45) is 0. The number of rotatable bonds is 8. The van der Waals surface area contributed by atoms with Gasteiger partial charge in [-0.2, -0.15) is 0 Å². The number of hydrogen-bond donors (Lipinski definition) is 2. The van der Waals surface area contributed by atoms with Gasteiger partial charge in [-0.3, -0.25) is 9.89 Å². The van der Waals surface area contributed by atoms with Crippen molar-refractivity contribution in [3.8, 4) is 5.75 Å². The lowest BCUT2D eigenvalue weighted by Crippen LogP contribution is -2.36. The Morgan fingerprint density at radius 2 is 1.50 bits per heavy atom. The van der Waals surface area contributed by atoms with Crippen LogP contribution in [0.5, 0.6) is 5.75 Å². The van der Waals surface area contributed by atoms with Crippen LogP contribution in [-0.4, -0.2) is 38.1 Å². The zero-order chi connectivity index (χ0) is 19.6. The number of ether oxygens (including phenoxy) is 1. The van der Waals surface area contributed by atoms with E-state index >= 15 is 0 Å². The minimum Gasteiger partial charge on any atom is -0.496 e. The van der Waals surface area contributed by atoms with E-state index in [4.69, 9.17) is 4.74 Å². The first-order chi connectivity index (χ1) is 13.0. The Morgan fingerprint density at radius 3 is 2.07 bits per heavy atom. The summed E-state index contributed by atoms with van der Waals surface area (Å²) in [4.78, 5) is 6.68. The molecule has 0 saturated carbocycles. The van der Waals surface area contributed by atoms with Gasteiger partial charge in [-0.05, 0) is 38.1 Å². The van der Waals surface area contributed by atoms with E-state index in [1.807, 2.05) is 18.2 Å². The van der Waals surface area contributed by atoms with Crippen molar-refractivity contribution in [2.24, 2.45) is 4.99 Å². The topological polar surface area (TPSA) is 48.9 Å². The van der Waals surface area contributed by atoms with Gasteiger partial charge < -0.3 is 15.4 Å². The second-order valence-corrected chi connectivity index (χ2v) is 6.87. The Labute approximate surface area is 186 Å². The first-order valence-electron chi connectivity index (χ1n) is 9.38. The average Bonchev–Trinajstić information content (AvgIpc) is 2.69. The van der Waals surface area contributed by atoms with E-state index in [2.05, 4.69) is 71.8 Å². The summed E-state index contributed by atoms with van der Waals surface area (Å²) < 4.78 is 5.41. The van der Waals surface area contributed by atoms with Crippen molar-refractivity contribution < 1.29 is 4.74 Å². The van der Waals surface area contributed by atoms with Crippen LogP contribution in [0.2, 0.25) is 0 Å². The van der Waals surface area contributed by atoms with Crippen LogP contribution in [-0.2, 0) is 19.6 Å². The quantitative estimate of drug-likeness (QED) is 0.330. The minimum atomic E-state index is 0. The molecule has 0 aliphatic carbocycles. The van der Waals surface area contributed by atoms with Gasteiger partial charge in [0.05, 0.1) is 7.11 Å². The molecule has 2 aromatic carbocycles. The van der Waals surface area contributed by atoms with Crippen molar-refractivity contribution in [3.63, 3.8) is 0 Å². The second kappa shape index (κ2) is 12.6. The third-order valence-corrected chi connectivity index (χ3v) is 4.73. The summed E-state index contributed by atoms with van der Waals surface area (Å²) in [5, 5.41) is 6.77. The summed E-state index contributed by atoms with van der Waals surface area (Å²) in [5.41, 5.74) is 3.72. The number of halogens is 1. The molecule has 0 aliphatic heterocycles. The molecular formula is C22H33IN4O. The van der Waals surface area contributed by atoms with Gasteiger partial charge in [0.2, 0.25) is 0 Å². The average molecular weight is 496 g/mol. The van der Waals surface area contributed by atoms with Gasteiger partial charge >= 0.3 is 0 Å². The molecule has 0 spiro atoms. The zero-order valence-corrected chi connectivity index (χ0v) is 19.9. The molecule has 0 fully saturated rings. The van der Waals surface area contributed by atoms with Gasteiger partial charge in [0.25, 0.3) is 0 Å². The van der Waals surface area contributed by atoms with E-state index in [0.717, 1.165) is 30.4 Å². The van der Waals surface area contributed by atoms with Crippen LogP contribution in [0.3, 0.4) is 0 Å². The largest absolute Gasteiger partial charge is 0.496 e. The van der Waals surface area contributed by atoms with Crippen molar-refractivity contribution >= 4 is 29.9 Å². The summed E-state index contributed by atoms with van der Waals surface area (Å²) in [5.74, 6) is 1.65. The Kier molecular flexibility index (Phi) is 10.9. The standard InChI is InChI=1S/C22H32N4O.HI/c1-17(2)26(4)16-20-12-7-6-10-18(20)14-24-22(23-3)25-15-19-11-8-9-13-21(19)27-5;/h6-13,17H,14-16H2,1-5H3,(H2,23,24,25);1H. The van der Waals surface area contributed by atoms with Gasteiger partial charge in [-0.25, -0.2) is 0 Å². The lowest BCUT2D eigenvalue weighted by molar-refractivity contribution is 0.265. The fourth-order valence-corrected chi connectivity index (χ4v) is 2.76. The zero-order valence-electron chi connectivity index (χ0n) is 17.5. The molecule has 0 radical (unpaired) electrons. The van der Waals surface area contributed by atoms with E-state index < -0.39 is 0 Å². The van der Waals surface area contributed by atoms with Gasteiger partial charge in [-0.15, -0.1) is 24.0 Å². The molecule has 0 aromatic heterocycles. The maximum absolute atomic E-state index is 5.41. The molecule has 0 aliphatic rings. The third-order valence-electron chi connectivity index (χ3n) is 4.73. The summed E-state index contributed by atoms with van der Waals surface area (Å²) in [6, 6.07) is 17.1. The molecule has 5 nitrogen and oxygen atoms in total. The molecule has 0 amide bonds. The summed E-state index contributed by atoms with van der Waals surface area (Å²) in [6.45, 7) is 6.74. The van der Waals surface area contributed by atoms with Crippen LogP contribution in [0.1, 0.15) is 30.5 Å². The molecule has 2 rings (SSSR count). The first-order valence-corrected chi connectivity index (χ1v) is 9.38. The number of methoxy groups -OCH3 is 1. The Hall–Kier alpha value is -1.80. The van der Waals surface area contributed by atoms with Gasteiger partial charge in [-0.1, -0.05) is 42.5 Å². The highest BCUT2D eigenvalue weighted by Crippen LogP contribution is 2.16. The highest BCUT2D eigenvalue weighted by Gasteiger charge is 2.09. The molecular weight excluding hydrogens is 463 g/mol. The predicted octanol–water partition coefficient (Wildman–Crippen LogP) is 4.02. The highest BCUT2D eigenvalue weighted by molar-refractivity contribution is 14.0. The van der Waals surface area contributed by atoms with Crippen molar-refractivity contribution in [3.05, 3.63) is 65.2 Å². The van der Waals surface area contributed by atoms with Crippen LogP contribution in [0.25, 0.3) is 0 Å². The van der Waals surface area contributed by atoms with E-state index in [1.165, 1.54) is 11.1 Å². The smallest absolute Gasteiger partial charge is 0.191 e. The van der Waals surface area contributed by atoms with Crippen LogP contribution in [0.4, 0.5) is 0 Å².